The number of carbonyl (C=O) groups is 3. The minimum absolute atomic E-state index is 0.168. The van der Waals surface area contributed by atoms with Crippen LogP contribution in [0.4, 0.5) is 11.4 Å². The van der Waals surface area contributed by atoms with Gasteiger partial charge < -0.3 is 4.74 Å². The predicted molar refractivity (Wildman–Crippen MR) is 104 cm³/mol. The zero-order valence-electron chi connectivity index (χ0n) is 15.2. The molecule has 0 saturated carbocycles. The molecule has 1 aliphatic heterocycles. The fourth-order valence-corrected chi connectivity index (χ4v) is 3.44. The smallest absolute Gasteiger partial charge is 0.338 e. The maximum atomic E-state index is 13.1. The first-order valence-electron chi connectivity index (χ1n) is 8.80. The number of hydrogen-bond acceptors (Lipinski definition) is 6. The first kappa shape index (κ1) is 18.3. The fraction of sp³-hybridized carbons (Fsp3) is 0.0952. The van der Waals surface area contributed by atoms with Crippen LogP contribution in [0.3, 0.4) is 0 Å². The van der Waals surface area contributed by atoms with Crippen molar-refractivity contribution in [3.8, 4) is 0 Å². The standard InChI is InChI=1S/C21H14N2O6/c1-2-29-21(26)12-6-8-13(9-7-12)22-19(24)15-5-3-4-14-17(23(27)28)11-10-16(18(14)15)20(22)25/h3-11H,2H2,1H3. The summed E-state index contributed by atoms with van der Waals surface area (Å²) >= 11 is 0. The molecule has 0 unspecified atom stereocenters. The Balaban J connectivity index is 1.82. The number of nitrogens with zero attached hydrogens (tertiary/aromatic N) is 2. The molecule has 8 nitrogen and oxygen atoms in total. The van der Waals surface area contributed by atoms with Gasteiger partial charge in [0.15, 0.2) is 0 Å². The number of ether oxygens (including phenoxy) is 1. The Hall–Kier alpha value is -4.07. The number of benzene rings is 3. The van der Waals surface area contributed by atoms with Crippen molar-refractivity contribution in [3.05, 3.63) is 81.4 Å². The SMILES string of the molecule is CCOC(=O)c1ccc(N2C(=O)c3cccc4c([N+](=O)[O-])ccc(c34)C2=O)cc1. The molecule has 3 aromatic rings. The molecule has 1 aliphatic rings. The highest BCUT2D eigenvalue weighted by Gasteiger charge is 2.35. The zero-order valence-corrected chi connectivity index (χ0v) is 15.2. The van der Waals surface area contributed by atoms with Crippen molar-refractivity contribution >= 4 is 39.9 Å². The van der Waals surface area contributed by atoms with Gasteiger partial charge in [-0.1, -0.05) is 6.07 Å². The lowest BCUT2D eigenvalue weighted by atomic mass is 9.92. The summed E-state index contributed by atoms with van der Waals surface area (Å²) in [6, 6.07) is 13.1. The van der Waals surface area contributed by atoms with Gasteiger partial charge in [0.25, 0.3) is 17.5 Å². The number of nitro benzene ring substituents is 1. The van der Waals surface area contributed by atoms with E-state index in [-0.39, 0.29) is 39.9 Å². The van der Waals surface area contributed by atoms with E-state index >= 15 is 0 Å². The molecule has 1 heterocycles. The maximum absolute atomic E-state index is 13.1. The molecule has 29 heavy (non-hydrogen) atoms. The van der Waals surface area contributed by atoms with Gasteiger partial charge in [-0.25, -0.2) is 9.69 Å². The van der Waals surface area contributed by atoms with Crippen molar-refractivity contribution in [1.29, 1.82) is 0 Å². The molecule has 0 atom stereocenters. The van der Waals surface area contributed by atoms with Crippen LogP contribution in [0.15, 0.2) is 54.6 Å². The van der Waals surface area contributed by atoms with Gasteiger partial charge in [-0.05, 0) is 49.4 Å². The summed E-state index contributed by atoms with van der Waals surface area (Å²) in [7, 11) is 0. The molecule has 144 valence electrons. The average molecular weight is 390 g/mol. The maximum Gasteiger partial charge on any atom is 0.338 e. The second-order valence-electron chi connectivity index (χ2n) is 6.33. The first-order valence-corrected chi connectivity index (χ1v) is 8.80. The molecule has 3 aromatic carbocycles. The number of imide groups is 1. The lowest BCUT2D eigenvalue weighted by molar-refractivity contribution is -0.383. The van der Waals surface area contributed by atoms with E-state index in [1.165, 1.54) is 48.5 Å². The van der Waals surface area contributed by atoms with Crippen LogP contribution in [0, 0.1) is 10.1 Å². The Morgan fingerprint density at radius 3 is 2.28 bits per heavy atom. The second kappa shape index (κ2) is 6.83. The van der Waals surface area contributed by atoms with E-state index in [4.69, 9.17) is 4.74 Å². The summed E-state index contributed by atoms with van der Waals surface area (Å²) in [6.45, 7) is 1.93. The molecule has 0 radical (unpaired) electrons. The molecule has 0 bridgehead atoms. The van der Waals surface area contributed by atoms with Crippen LogP contribution in [-0.4, -0.2) is 29.3 Å². The number of esters is 1. The second-order valence-corrected chi connectivity index (χ2v) is 6.33. The van der Waals surface area contributed by atoms with Crippen LogP contribution in [0.2, 0.25) is 0 Å². The monoisotopic (exact) mass is 390 g/mol. The van der Waals surface area contributed by atoms with Gasteiger partial charge in [-0.15, -0.1) is 0 Å². The van der Waals surface area contributed by atoms with Crippen molar-refractivity contribution in [2.75, 3.05) is 11.5 Å². The molecular weight excluding hydrogens is 376 g/mol. The predicted octanol–water partition coefficient (Wildman–Crippen LogP) is 3.73. The van der Waals surface area contributed by atoms with E-state index in [0.717, 1.165) is 4.90 Å². The van der Waals surface area contributed by atoms with Crippen LogP contribution in [0.1, 0.15) is 38.0 Å². The van der Waals surface area contributed by atoms with Crippen LogP contribution in [0.5, 0.6) is 0 Å². The molecule has 0 spiro atoms. The number of nitro groups is 1. The van der Waals surface area contributed by atoms with Crippen LogP contribution in [-0.2, 0) is 4.74 Å². The highest BCUT2D eigenvalue weighted by molar-refractivity contribution is 6.36. The summed E-state index contributed by atoms with van der Waals surface area (Å²) in [6.07, 6.45) is 0. The largest absolute Gasteiger partial charge is 0.462 e. The number of hydrogen-bond donors (Lipinski definition) is 0. The number of amides is 2. The molecule has 4 rings (SSSR count). The summed E-state index contributed by atoms with van der Waals surface area (Å²) < 4.78 is 4.93. The Labute approximate surface area is 164 Å². The van der Waals surface area contributed by atoms with Gasteiger partial charge >= 0.3 is 5.97 Å². The molecule has 0 aromatic heterocycles. The molecule has 0 saturated heterocycles. The Morgan fingerprint density at radius 1 is 1.00 bits per heavy atom. The quantitative estimate of drug-likeness (QED) is 0.291. The van der Waals surface area contributed by atoms with Gasteiger partial charge in [-0.2, -0.15) is 0 Å². The Kier molecular flexibility index (Phi) is 4.31. The number of carbonyl (C=O) groups excluding carboxylic acids is 3. The third kappa shape index (κ3) is 2.82. The lowest BCUT2D eigenvalue weighted by Gasteiger charge is -2.27. The summed E-state index contributed by atoms with van der Waals surface area (Å²) in [5.41, 5.74) is 0.823. The van der Waals surface area contributed by atoms with E-state index in [9.17, 15) is 24.5 Å². The topological polar surface area (TPSA) is 107 Å². The van der Waals surface area contributed by atoms with Gasteiger partial charge in [0.2, 0.25) is 0 Å². The minimum atomic E-state index is -0.586. The van der Waals surface area contributed by atoms with Gasteiger partial charge in [-0.3, -0.25) is 19.7 Å². The molecule has 0 N–H and O–H groups in total. The Bertz CT molecular complexity index is 1180. The summed E-state index contributed by atoms with van der Waals surface area (Å²) in [5, 5.41) is 11.8. The molecule has 0 fully saturated rings. The highest BCUT2D eigenvalue weighted by atomic mass is 16.6. The van der Waals surface area contributed by atoms with Gasteiger partial charge in [0.1, 0.15) is 0 Å². The van der Waals surface area contributed by atoms with Crippen molar-refractivity contribution in [2.45, 2.75) is 6.92 Å². The minimum Gasteiger partial charge on any atom is -0.462 e. The third-order valence-corrected chi connectivity index (χ3v) is 4.72. The molecule has 8 heteroatoms. The molecular formula is C21H14N2O6. The van der Waals surface area contributed by atoms with Crippen LogP contribution in [0.25, 0.3) is 10.8 Å². The fourth-order valence-electron chi connectivity index (χ4n) is 3.44. The van der Waals surface area contributed by atoms with E-state index in [2.05, 4.69) is 0 Å². The van der Waals surface area contributed by atoms with E-state index < -0.39 is 22.7 Å². The van der Waals surface area contributed by atoms with Crippen molar-refractivity contribution in [2.24, 2.45) is 0 Å². The Morgan fingerprint density at radius 2 is 1.66 bits per heavy atom. The van der Waals surface area contributed by atoms with Gasteiger partial charge in [0.05, 0.1) is 28.2 Å². The average Bonchev–Trinajstić information content (AvgIpc) is 2.72. The van der Waals surface area contributed by atoms with Crippen molar-refractivity contribution in [1.82, 2.24) is 0 Å². The molecule has 0 aliphatic carbocycles. The van der Waals surface area contributed by atoms with Crippen molar-refractivity contribution < 1.29 is 24.0 Å². The summed E-state index contributed by atoms with van der Waals surface area (Å²) in [5.74, 6) is -1.67. The van der Waals surface area contributed by atoms with E-state index in [1.54, 1.807) is 13.0 Å². The van der Waals surface area contributed by atoms with E-state index in [0.29, 0.717) is 5.56 Å². The normalized spacial score (nSPS) is 12.9. The zero-order chi connectivity index (χ0) is 20.7. The first-order chi connectivity index (χ1) is 13.9. The van der Waals surface area contributed by atoms with Crippen molar-refractivity contribution in [3.63, 3.8) is 0 Å². The van der Waals surface area contributed by atoms with E-state index in [1.807, 2.05) is 0 Å². The third-order valence-electron chi connectivity index (χ3n) is 4.72. The number of rotatable bonds is 4. The summed E-state index contributed by atoms with van der Waals surface area (Å²) in [4.78, 5) is 49.7. The highest BCUT2D eigenvalue weighted by Crippen LogP contribution is 2.36. The molecule has 2 amide bonds. The lowest BCUT2D eigenvalue weighted by Crippen LogP contribution is -2.40. The van der Waals surface area contributed by atoms with Gasteiger partial charge in [0, 0.05) is 22.6 Å². The van der Waals surface area contributed by atoms with Crippen LogP contribution >= 0.6 is 0 Å². The van der Waals surface area contributed by atoms with Crippen LogP contribution < -0.4 is 4.90 Å². The number of non-ortho nitro benzene ring substituents is 1. The number of anilines is 1.